The highest BCUT2D eigenvalue weighted by Gasteiger charge is 2.07. The molecule has 0 aliphatic rings. The number of aromatic hydroxyl groups is 1. The number of anilines is 1. The number of phenolic OH excluding ortho intramolecular Hbond substituents is 1. The number of non-ortho nitro benzene ring substituents is 1. The fourth-order valence-electron chi connectivity index (χ4n) is 1.96. The molecule has 140 valence electrons. The first-order valence-corrected chi connectivity index (χ1v) is 9.77. The zero-order valence-corrected chi connectivity index (χ0v) is 16.9. The molecule has 0 atom stereocenters. The summed E-state index contributed by atoms with van der Waals surface area (Å²) in [7, 11) is 0. The first-order valence-electron chi connectivity index (χ1n) is 7.52. The lowest BCUT2D eigenvalue weighted by atomic mass is 10.2. The SMILES string of the molecule is O=C(O)c1ccc([N+](=O)[O-])cc1.Oc1ccc(N(CCBr)CCBr)cc1. The number of nitro benzene ring substituents is 1. The number of carboxylic acid groups (broad SMARTS) is 1. The second-order valence-corrected chi connectivity index (χ2v) is 6.58. The molecule has 0 bridgehead atoms. The van der Waals surface area contributed by atoms with E-state index in [1.165, 1.54) is 12.1 Å². The van der Waals surface area contributed by atoms with Crippen LogP contribution in [0.2, 0.25) is 0 Å². The zero-order chi connectivity index (χ0) is 19.5. The first-order chi connectivity index (χ1) is 12.4. The van der Waals surface area contributed by atoms with Gasteiger partial charge in [-0.25, -0.2) is 4.79 Å². The molecule has 0 spiro atoms. The van der Waals surface area contributed by atoms with Gasteiger partial charge >= 0.3 is 5.97 Å². The van der Waals surface area contributed by atoms with Gasteiger partial charge in [0.05, 0.1) is 10.5 Å². The third-order valence-electron chi connectivity index (χ3n) is 3.25. The summed E-state index contributed by atoms with van der Waals surface area (Å²) >= 11 is 6.85. The number of alkyl halides is 2. The Morgan fingerprint density at radius 3 is 1.88 bits per heavy atom. The monoisotopic (exact) mass is 488 g/mol. The highest BCUT2D eigenvalue weighted by molar-refractivity contribution is 9.09. The predicted molar refractivity (Wildman–Crippen MR) is 108 cm³/mol. The van der Waals surface area contributed by atoms with Crippen LogP contribution < -0.4 is 4.90 Å². The van der Waals surface area contributed by atoms with Crippen molar-refractivity contribution in [3.63, 3.8) is 0 Å². The van der Waals surface area contributed by atoms with Gasteiger partial charge in [-0.2, -0.15) is 0 Å². The summed E-state index contributed by atoms with van der Waals surface area (Å²) < 4.78 is 0. The summed E-state index contributed by atoms with van der Waals surface area (Å²) in [6.07, 6.45) is 0. The van der Waals surface area contributed by atoms with E-state index in [1.807, 2.05) is 12.1 Å². The maximum absolute atomic E-state index is 10.3. The van der Waals surface area contributed by atoms with Gasteiger partial charge in [0.1, 0.15) is 5.75 Å². The summed E-state index contributed by atoms with van der Waals surface area (Å²) in [5.41, 5.74) is 1.07. The van der Waals surface area contributed by atoms with E-state index in [4.69, 9.17) is 10.2 Å². The lowest BCUT2D eigenvalue weighted by Gasteiger charge is -2.22. The largest absolute Gasteiger partial charge is 0.508 e. The molecule has 0 fully saturated rings. The van der Waals surface area contributed by atoms with Crippen molar-refractivity contribution in [2.75, 3.05) is 28.6 Å². The second kappa shape index (κ2) is 11.5. The van der Waals surface area contributed by atoms with Gasteiger partial charge in [0, 0.05) is 41.6 Å². The Labute approximate surface area is 167 Å². The van der Waals surface area contributed by atoms with Crippen molar-refractivity contribution in [3.8, 4) is 5.75 Å². The van der Waals surface area contributed by atoms with Crippen molar-refractivity contribution in [1.29, 1.82) is 0 Å². The highest BCUT2D eigenvalue weighted by Crippen LogP contribution is 2.18. The standard InChI is InChI=1S/C10H13Br2NO.C7H5NO4/c11-5-7-13(8-6-12)9-1-3-10(14)4-2-9;9-7(10)5-1-3-6(4-2-5)8(11)12/h1-4,14H,5-8H2;1-4H,(H,9,10). The topological polar surface area (TPSA) is 104 Å². The van der Waals surface area contributed by atoms with Gasteiger partial charge in [0.15, 0.2) is 0 Å². The van der Waals surface area contributed by atoms with Gasteiger partial charge in [0.2, 0.25) is 0 Å². The molecule has 26 heavy (non-hydrogen) atoms. The lowest BCUT2D eigenvalue weighted by molar-refractivity contribution is -0.384. The van der Waals surface area contributed by atoms with Crippen LogP contribution in [0.25, 0.3) is 0 Å². The number of halogens is 2. The molecule has 2 rings (SSSR count). The van der Waals surface area contributed by atoms with E-state index in [2.05, 4.69) is 36.8 Å². The van der Waals surface area contributed by atoms with Crippen LogP contribution in [-0.4, -0.2) is 44.9 Å². The number of hydrogen-bond donors (Lipinski definition) is 2. The van der Waals surface area contributed by atoms with Gasteiger partial charge < -0.3 is 15.1 Å². The van der Waals surface area contributed by atoms with E-state index < -0.39 is 10.9 Å². The van der Waals surface area contributed by atoms with Crippen molar-refractivity contribution in [1.82, 2.24) is 0 Å². The number of carbonyl (C=O) groups is 1. The molecule has 0 aliphatic carbocycles. The molecule has 0 heterocycles. The molecule has 2 N–H and O–H groups in total. The minimum absolute atomic E-state index is 0.0422. The van der Waals surface area contributed by atoms with Crippen molar-refractivity contribution in [2.24, 2.45) is 0 Å². The average Bonchev–Trinajstić information content (AvgIpc) is 2.63. The van der Waals surface area contributed by atoms with Crippen LogP contribution in [0.3, 0.4) is 0 Å². The highest BCUT2D eigenvalue weighted by atomic mass is 79.9. The molecule has 0 radical (unpaired) electrons. The quantitative estimate of drug-likeness (QED) is 0.341. The average molecular weight is 490 g/mol. The first kappa shape index (κ1) is 21.9. The molecule has 0 saturated carbocycles. The summed E-state index contributed by atoms with van der Waals surface area (Å²) in [5, 5.41) is 29.6. The predicted octanol–water partition coefficient (Wildman–Crippen LogP) is 4.28. The van der Waals surface area contributed by atoms with E-state index in [0.29, 0.717) is 5.75 Å². The van der Waals surface area contributed by atoms with E-state index in [-0.39, 0.29) is 11.3 Å². The van der Waals surface area contributed by atoms with Gasteiger partial charge in [-0.05, 0) is 36.4 Å². The van der Waals surface area contributed by atoms with Crippen molar-refractivity contribution in [2.45, 2.75) is 0 Å². The zero-order valence-electron chi connectivity index (χ0n) is 13.7. The Bertz CT molecular complexity index is 669. The fourth-order valence-corrected chi connectivity index (χ4v) is 2.82. The van der Waals surface area contributed by atoms with Gasteiger partial charge in [-0.15, -0.1) is 0 Å². The molecule has 0 aliphatic heterocycles. The maximum atomic E-state index is 10.3. The normalized spacial score (nSPS) is 9.77. The van der Waals surface area contributed by atoms with Crippen LogP contribution in [0.1, 0.15) is 10.4 Å². The molecule has 0 amide bonds. The number of rotatable bonds is 7. The molecular formula is C17H18Br2N2O5. The Morgan fingerprint density at radius 1 is 1.00 bits per heavy atom. The number of aromatic carboxylic acids is 1. The Balaban J connectivity index is 0.000000263. The second-order valence-electron chi connectivity index (χ2n) is 4.99. The van der Waals surface area contributed by atoms with Crippen LogP contribution in [0.4, 0.5) is 11.4 Å². The number of nitrogens with zero attached hydrogens (tertiary/aromatic N) is 2. The third-order valence-corrected chi connectivity index (χ3v) is 3.96. The van der Waals surface area contributed by atoms with E-state index >= 15 is 0 Å². The minimum atomic E-state index is -1.09. The summed E-state index contributed by atoms with van der Waals surface area (Å²) in [6.45, 7) is 1.94. The molecule has 9 heteroatoms. The number of carboxylic acids is 1. The Morgan fingerprint density at radius 2 is 1.50 bits per heavy atom. The van der Waals surface area contributed by atoms with Crippen molar-refractivity contribution in [3.05, 3.63) is 64.2 Å². The maximum Gasteiger partial charge on any atom is 0.335 e. The smallest absolute Gasteiger partial charge is 0.335 e. The molecule has 2 aromatic carbocycles. The van der Waals surface area contributed by atoms with E-state index in [9.17, 15) is 14.9 Å². The van der Waals surface area contributed by atoms with Crippen molar-refractivity contribution >= 4 is 49.2 Å². The van der Waals surface area contributed by atoms with Crippen LogP contribution >= 0.6 is 31.9 Å². The van der Waals surface area contributed by atoms with Gasteiger partial charge in [0.25, 0.3) is 5.69 Å². The third kappa shape index (κ3) is 7.40. The number of hydrogen-bond acceptors (Lipinski definition) is 5. The van der Waals surface area contributed by atoms with Crippen molar-refractivity contribution < 1.29 is 19.9 Å². The van der Waals surface area contributed by atoms with E-state index in [1.54, 1.807) is 12.1 Å². The summed E-state index contributed by atoms with van der Waals surface area (Å²) in [4.78, 5) is 22.1. The summed E-state index contributed by atoms with van der Waals surface area (Å²) in [5.74, 6) is -0.781. The Hall–Kier alpha value is -2.13. The molecule has 2 aromatic rings. The number of benzene rings is 2. The van der Waals surface area contributed by atoms with Crippen LogP contribution in [0.15, 0.2) is 48.5 Å². The molecule has 7 nitrogen and oxygen atoms in total. The molecule has 0 aromatic heterocycles. The van der Waals surface area contributed by atoms with Crippen LogP contribution in [0.5, 0.6) is 5.75 Å². The fraction of sp³-hybridized carbons (Fsp3) is 0.235. The van der Waals surface area contributed by atoms with Gasteiger partial charge in [-0.3, -0.25) is 10.1 Å². The van der Waals surface area contributed by atoms with Crippen LogP contribution in [-0.2, 0) is 0 Å². The molecule has 0 unspecified atom stereocenters. The van der Waals surface area contributed by atoms with E-state index in [0.717, 1.165) is 41.6 Å². The lowest BCUT2D eigenvalue weighted by Crippen LogP contribution is -2.27. The minimum Gasteiger partial charge on any atom is -0.508 e. The molecule has 0 saturated heterocycles. The van der Waals surface area contributed by atoms with Gasteiger partial charge in [-0.1, -0.05) is 31.9 Å². The Kier molecular flexibility index (Phi) is 9.67. The van der Waals surface area contributed by atoms with Crippen LogP contribution in [0, 0.1) is 10.1 Å². The molecular weight excluding hydrogens is 472 g/mol. The summed E-state index contributed by atoms with van der Waals surface area (Å²) in [6, 6.07) is 12.0. The number of phenols is 1. The number of nitro groups is 1.